The molecule has 1 saturated heterocycles. The quantitative estimate of drug-likeness (QED) is 0.805. The molecule has 4 nitrogen and oxygen atoms in total. The molecule has 1 heterocycles. The molecule has 2 rings (SSSR count). The molecule has 1 aliphatic carbocycles. The predicted octanol–water partition coefficient (Wildman–Crippen LogP) is 1.60. The number of hydrogen-bond donors (Lipinski definition) is 2. The molecular weight excluding hydrogens is 250 g/mol. The van der Waals surface area contributed by atoms with Crippen LogP contribution in [0.15, 0.2) is 0 Å². The molecule has 0 aromatic rings. The second-order valence-corrected chi connectivity index (χ2v) is 7.01. The first kappa shape index (κ1) is 15.8. The average Bonchev–Trinajstić information content (AvgIpc) is 2.92. The molecule has 0 aromatic heterocycles. The number of amides is 1. The lowest BCUT2D eigenvalue weighted by Gasteiger charge is -2.31. The Hall–Kier alpha value is -0.610. The van der Waals surface area contributed by atoms with Crippen molar-refractivity contribution >= 4 is 5.91 Å². The summed E-state index contributed by atoms with van der Waals surface area (Å²) in [6.45, 7) is 8.80. The van der Waals surface area contributed by atoms with Gasteiger partial charge in [-0.05, 0) is 57.0 Å². The largest absolute Gasteiger partial charge is 0.356 e. The van der Waals surface area contributed by atoms with Crippen molar-refractivity contribution in [3.8, 4) is 0 Å². The van der Waals surface area contributed by atoms with Crippen molar-refractivity contribution in [2.24, 2.45) is 23.5 Å². The Kier molecular flexibility index (Phi) is 5.85. The van der Waals surface area contributed by atoms with E-state index in [-0.39, 0.29) is 17.9 Å². The van der Waals surface area contributed by atoms with Crippen molar-refractivity contribution in [3.63, 3.8) is 0 Å². The van der Waals surface area contributed by atoms with Crippen molar-refractivity contribution < 1.29 is 4.79 Å². The van der Waals surface area contributed by atoms with E-state index in [1.54, 1.807) is 0 Å². The molecule has 4 heteroatoms. The molecule has 0 radical (unpaired) electrons. The van der Waals surface area contributed by atoms with Gasteiger partial charge in [-0.15, -0.1) is 0 Å². The van der Waals surface area contributed by atoms with E-state index in [1.165, 1.54) is 25.9 Å². The van der Waals surface area contributed by atoms with Gasteiger partial charge in [0.15, 0.2) is 0 Å². The van der Waals surface area contributed by atoms with Gasteiger partial charge in [0, 0.05) is 25.0 Å². The average molecular weight is 281 g/mol. The van der Waals surface area contributed by atoms with E-state index in [1.807, 2.05) is 0 Å². The molecule has 1 aliphatic heterocycles. The smallest absolute Gasteiger partial charge is 0.223 e. The second kappa shape index (κ2) is 7.41. The van der Waals surface area contributed by atoms with E-state index in [9.17, 15) is 4.79 Å². The van der Waals surface area contributed by atoms with Crippen LogP contribution in [0.1, 0.15) is 46.0 Å². The van der Waals surface area contributed by atoms with E-state index < -0.39 is 0 Å². The molecule has 4 atom stereocenters. The first-order valence-corrected chi connectivity index (χ1v) is 8.32. The summed E-state index contributed by atoms with van der Waals surface area (Å²) in [5.74, 6) is 1.46. The topological polar surface area (TPSA) is 58.4 Å². The SMILES string of the molecule is CC(CNC(=O)C1CCC(C)C(N)C1)CN1CCCC1. The van der Waals surface area contributed by atoms with E-state index >= 15 is 0 Å². The maximum atomic E-state index is 12.2. The molecular formula is C16H31N3O. The van der Waals surface area contributed by atoms with Crippen molar-refractivity contribution in [2.45, 2.75) is 52.0 Å². The molecule has 0 aromatic carbocycles. The van der Waals surface area contributed by atoms with E-state index in [4.69, 9.17) is 5.73 Å². The Morgan fingerprint density at radius 3 is 2.70 bits per heavy atom. The Morgan fingerprint density at radius 2 is 2.05 bits per heavy atom. The molecule has 1 amide bonds. The van der Waals surface area contributed by atoms with Gasteiger partial charge in [0.2, 0.25) is 5.91 Å². The standard InChI is InChI=1S/C16H31N3O/c1-12(11-19-7-3-4-8-19)10-18-16(20)14-6-5-13(2)15(17)9-14/h12-15H,3-11,17H2,1-2H3,(H,18,20). The van der Waals surface area contributed by atoms with Crippen molar-refractivity contribution in [2.75, 3.05) is 26.2 Å². The number of nitrogens with zero attached hydrogens (tertiary/aromatic N) is 1. The van der Waals surface area contributed by atoms with Gasteiger partial charge in [0.1, 0.15) is 0 Å². The third-order valence-corrected chi connectivity index (χ3v) is 5.02. The fourth-order valence-electron chi connectivity index (χ4n) is 3.48. The first-order valence-electron chi connectivity index (χ1n) is 8.32. The number of likely N-dealkylation sites (tertiary alicyclic amines) is 1. The Morgan fingerprint density at radius 1 is 1.35 bits per heavy atom. The summed E-state index contributed by atoms with van der Waals surface area (Å²) in [6.07, 6.45) is 5.60. The highest BCUT2D eigenvalue weighted by molar-refractivity contribution is 5.78. The number of nitrogens with two attached hydrogens (primary N) is 1. The number of nitrogens with one attached hydrogen (secondary N) is 1. The Labute approximate surface area is 123 Å². The molecule has 2 fully saturated rings. The van der Waals surface area contributed by atoms with E-state index in [0.29, 0.717) is 11.8 Å². The lowest BCUT2D eigenvalue weighted by Crippen LogP contribution is -2.43. The Balaban J connectivity index is 1.66. The first-order chi connectivity index (χ1) is 9.56. The van der Waals surface area contributed by atoms with Gasteiger partial charge in [-0.3, -0.25) is 4.79 Å². The predicted molar refractivity (Wildman–Crippen MR) is 82.3 cm³/mol. The molecule has 20 heavy (non-hydrogen) atoms. The summed E-state index contributed by atoms with van der Waals surface area (Å²) in [5.41, 5.74) is 6.08. The third kappa shape index (κ3) is 4.45. The van der Waals surface area contributed by atoms with Crippen LogP contribution in [-0.4, -0.2) is 43.0 Å². The summed E-state index contributed by atoms with van der Waals surface area (Å²) in [5, 5.41) is 3.14. The number of carbonyl (C=O) groups excluding carboxylic acids is 1. The monoisotopic (exact) mass is 281 g/mol. The van der Waals surface area contributed by atoms with Gasteiger partial charge >= 0.3 is 0 Å². The zero-order chi connectivity index (χ0) is 14.5. The van der Waals surface area contributed by atoms with Gasteiger partial charge in [-0.25, -0.2) is 0 Å². The minimum atomic E-state index is 0.139. The minimum absolute atomic E-state index is 0.139. The molecule has 0 spiro atoms. The summed E-state index contributed by atoms with van der Waals surface area (Å²) >= 11 is 0. The zero-order valence-electron chi connectivity index (χ0n) is 13.1. The van der Waals surface area contributed by atoms with Gasteiger partial charge < -0.3 is 16.0 Å². The minimum Gasteiger partial charge on any atom is -0.356 e. The van der Waals surface area contributed by atoms with Crippen LogP contribution in [0.3, 0.4) is 0 Å². The summed E-state index contributed by atoms with van der Waals surface area (Å²) in [6, 6.07) is 0.196. The fourth-order valence-corrected chi connectivity index (χ4v) is 3.48. The van der Waals surface area contributed by atoms with Crippen molar-refractivity contribution in [3.05, 3.63) is 0 Å². The van der Waals surface area contributed by atoms with Crippen LogP contribution in [0.2, 0.25) is 0 Å². The molecule has 1 saturated carbocycles. The van der Waals surface area contributed by atoms with Gasteiger partial charge in [0.25, 0.3) is 0 Å². The van der Waals surface area contributed by atoms with Crippen LogP contribution in [-0.2, 0) is 4.79 Å². The van der Waals surface area contributed by atoms with E-state index in [0.717, 1.165) is 32.4 Å². The normalized spacial score (nSPS) is 33.0. The van der Waals surface area contributed by atoms with Gasteiger partial charge in [-0.2, -0.15) is 0 Å². The highest BCUT2D eigenvalue weighted by Crippen LogP contribution is 2.27. The lowest BCUT2D eigenvalue weighted by atomic mass is 9.79. The van der Waals surface area contributed by atoms with Crippen LogP contribution in [0.5, 0.6) is 0 Å². The highest BCUT2D eigenvalue weighted by atomic mass is 16.1. The summed E-state index contributed by atoms with van der Waals surface area (Å²) in [4.78, 5) is 14.7. The molecule has 4 unspecified atom stereocenters. The zero-order valence-corrected chi connectivity index (χ0v) is 13.1. The number of carbonyl (C=O) groups is 1. The molecule has 3 N–H and O–H groups in total. The van der Waals surface area contributed by atoms with Gasteiger partial charge in [0.05, 0.1) is 0 Å². The van der Waals surface area contributed by atoms with Crippen LogP contribution < -0.4 is 11.1 Å². The van der Waals surface area contributed by atoms with E-state index in [2.05, 4.69) is 24.1 Å². The summed E-state index contributed by atoms with van der Waals surface area (Å²) < 4.78 is 0. The molecule has 0 bridgehead atoms. The van der Waals surface area contributed by atoms with Crippen LogP contribution >= 0.6 is 0 Å². The number of rotatable bonds is 5. The Bertz CT molecular complexity index is 315. The summed E-state index contributed by atoms with van der Waals surface area (Å²) in [7, 11) is 0. The highest BCUT2D eigenvalue weighted by Gasteiger charge is 2.29. The maximum Gasteiger partial charge on any atom is 0.223 e. The van der Waals surface area contributed by atoms with Crippen molar-refractivity contribution in [1.82, 2.24) is 10.2 Å². The third-order valence-electron chi connectivity index (χ3n) is 5.02. The van der Waals surface area contributed by atoms with Crippen LogP contribution in [0.25, 0.3) is 0 Å². The van der Waals surface area contributed by atoms with Crippen LogP contribution in [0, 0.1) is 17.8 Å². The lowest BCUT2D eigenvalue weighted by molar-refractivity contribution is -0.126. The fraction of sp³-hybridized carbons (Fsp3) is 0.938. The van der Waals surface area contributed by atoms with Crippen molar-refractivity contribution in [1.29, 1.82) is 0 Å². The van der Waals surface area contributed by atoms with Crippen LogP contribution in [0.4, 0.5) is 0 Å². The second-order valence-electron chi connectivity index (χ2n) is 7.01. The number of hydrogen-bond acceptors (Lipinski definition) is 3. The van der Waals surface area contributed by atoms with Gasteiger partial charge in [-0.1, -0.05) is 13.8 Å². The molecule has 2 aliphatic rings. The maximum absolute atomic E-state index is 12.2. The molecule has 116 valence electrons.